The first-order valence-electron chi connectivity index (χ1n) is 8.17. The van der Waals surface area contributed by atoms with Crippen LogP contribution in [0.2, 0.25) is 0 Å². The Kier molecular flexibility index (Phi) is 3.59. The molecule has 0 saturated carbocycles. The van der Waals surface area contributed by atoms with Crippen LogP contribution >= 0.6 is 11.8 Å². The van der Waals surface area contributed by atoms with Crippen molar-refractivity contribution in [3.05, 3.63) is 12.7 Å². The molecule has 1 aromatic heterocycles. The Labute approximate surface area is 139 Å². The maximum absolute atomic E-state index is 13.0. The van der Waals surface area contributed by atoms with E-state index >= 15 is 0 Å². The highest BCUT2D eigenvalue weighted by Gasteiger charge is 2.53. The summed E-state index contributed by atoms with van der Waals surface area (Å²) in [7, 11) is 0. The van der Waals surface area contributed by atoms with Gasteiger partial charge in [-0.2, -0.15) is 5.10 Å². The third-order valence-electron chi connectivity index (χ3n) is 5.25. The van der Waals surface area contributed by atoms with E-state index in [0.29, 0.717) is 18.7 Å². The first-order chi connectivity index (χ1) is 11.1. The Bertz CT molecular complexity index is 621. The van der Waals surface area contributed by atoms with E-state index in [0.717, 1.165) is 25.8 Å². The van der Waals surface area contributed by atoms with Crippen molar-refractivity contribution in [1.82, 2.24) is 24.6 Å². The number of fused-ring (bicyclic) bond motifs is 1. The smallest absolute Gasteiger partial charge is 0.246 e. The lowest BCUT2D eigenvalue weighted by molar-refractivity contribution is -0.144. The van der Waals surface area contributed by atoms with E-state index in [1.54, 1.807) is 18.1 Å². The van der Waals surface area contributed by atoms with Crippen LogP contribution in [0.1, 0.15) is 38.6 Å². The van der Waals surface area contributed by atoms with Gasteiger partial charge in [0, 0.05) is 25.3 Å². The lowest BCUT2D eigenvalue weighted by Gasteiger charge is -2.37. The monoisotopic (exact) mass is 335 g/mol. The third kappa shape index (κ3) is 2.43. The van der Waals surface area contributed by atoms with Crippen LogP contribution in [0.4, 0.5) is 0 Å². The molecule has 4 rings (SSSR count). The molecule has 2 amide bonds. The van der Waals surface area contributed by atoms with Crippen molar-refractivity contribution in [1.29, 1.82) is 0 Å². The number of amides is 2. The minimum absolute atomic E-state index is 0.0984. The molecule has 0 aliphatic carbocycles. The molecule has 23 heavy (non-hydrogen) atoms. The third-order valence-corrected chi connectivity index (χ3v) is 6.75. The predicted octanol–water partition coefficient (Wildman–Crippen LogP) is 0.896. The maximum Gasteiger partial charge on any atom is 0.246 e. The van der Waals surface area contributed by atoms with Crippen LogP contribution in [0.25, 0.3) is 0 Å². The van der Waals surface area contributed by atoms with E-state index in [2.05, 4.69) is 17.0 Å². The summed E-state index contributed by atoms with van der Waals surface area (Å²) in [5, 5.41) is 4.21. The van der Waals surface area contributed by atoms with Crippen molar-refractivity contribution in [2.75, 3.05) is 18.8 Å². The highest BCUT2D eigenvalue weighted by molar-refractivity contribution is 8.01. The quantitative estimate of drug-likeness (QED) is 0.803. The summed E-state index contributed by atoms with van der Waals surface area (Å²) >= 11 is 1.75. The van der Waals surface area contributed by atoms with Gasteiger partial charge in [0.2, 0.25) is 11.8 Å². The fourth-order valence-corrected chi connectivity index (χ4v) is 5.41. The van der Waals surface area contributed by atoms with E-state index in [1.807, 2.05) is 14.5 Å². The van der Waals surface area contributed by atoms with Crippen molar-refractivity contribution >= 4 is 23.6 Å². The Hall–Kier alpha value is -1.57. The van der Waals surface area contributed by atoms with E-state index in [-0.39, 0.29) is 28.8 Å². The number of carbonyl (C=O) groups excluding carboxylic acids is 2. The molecule has 0 aromatic carbocycles. The second-order valence-electron chi connectivity index (χ2n) is 6.72. The summed E-state index contributed by atoms with van der Waals surface area (Å²) in [5.41, 5.74) is 0. The highest BCUT2D eigenvalue weighted by Crippen LogP contribution is 2.47. The number of carbonyl (C=O) groups is 2. The molecule has 8 heteroatoms. The lowest BCUT2D eigenvalue weighted by Crippen LogP contribution is -2.53. The summed E-state index contributed by atoms with van der Waals surface area (Å²) in [4.78, 5) is 32.8. The van der Waals surface area contributed by atoms with E-state index in [9.17, 15) is 9.59 Å². The number of nitrogens with zero attached hydrogens (tertiary/aromatic N) is 5. The molecule has 0 bridgehead atoms. The molecule has 1 aromatic rings. The second-order valence-corrected chi connectivity index (χ2v) is 8.22. The lowest BCUT2D eigenvalue weighted by atomic mass is 10.0. The molecule has 124 valence electrons. The molecule has 4 heterocycles. The second kappa shape index (κ2) is 5.51. The Morgan fingerprint density at radius 2 is 2.35 bits per heavy atom. The molecule has 3 fully saturated rings. The zero-order valence-electron chi connectivity index (χ0n) is 13.2. The SMILES string of the molecule is C[C@]12CCC(=O)N1[C@@H](C(=O)N1CCC[C@@H](n3cncn3)C1)CS2. The number of thioether (sulfide) groups is 1. The van der Waals surface area contributed by atoms with Crippen LogP contribution in [-0.2, 0) is 9.59 Å². The number of hydrogen-bond acceptors (Lipinski definition) is 5. The average molecular weight is 335 g/mol. The van der Waals surface area contributed by atoms with E-state index in [1.165, 1.54) is 6.33 Å². The summed E-state index contributed by atoms with van der Waals surface area (Å²) < 4.78 is 1.84. The molecule has 0 radical (unpaired) electrons. The molecule has 0 unspecified atom stereocenters. The zero-order valence-corrected chi connectivity index (χ0v) is 14.0. The molecule has 3 saturated heterocycles. The number of aromatic nitrogens is 3. The topological polar surface area (TPSA) is 71.3 Å². The summed E-state index contributed by atoms with van der Waals surface area (Å²) in [5.74, 6) is 0.938. The first kappa shape index (κ1) is 15.0. The van der Waals surface area contributed by atoms with Gasteiger partial charge in [-0.05, 0) is 26.2 Å². The highest BCUT2D eigenvalue weighted by atomic mass is 32.2. The minimum atomic E-state index is -0.297. The molecule has 3 aliphatic heterocycles. The maximum atomic E-state index is 13.0. The van der Waals surface area contributed by atoms with Gasteiger partial charge in [-0.15, -0.1) is 11.8 Å². The first-order valence-corrected chi connectivity index (χ1v) is 9.16. The van der Waals surface area contributed by atoms with Gasteiger partial charge < -0.3 is 9.80 Å². The summed E-state index contributed by atoms with van der Waals surface area (Å²) in [6.45, 7) is 3.51. The van der Waals surface area contributed by atoms with Gasteiger partial charge in [-0.1, -0.05) is 0 Å². The predicted molar refractivity (Wildman–Crippen MR) is 85.6 cm³/mol. The van der Waals surface area contributed by atoms with Crippen LogP contribution in [-0.4, -0.2) is 66.1 Å². The van der Waals surface area contributed by atoms with Crippen LogP contribution in [0.3, 0.4) is 0 Å². The molecule has 3 aliphatic rings. The zero-order chi connectivity index (χ0) is 16.0. The molecule has 7 nitrogen and oxygen atoms in total. The van der Waals surface area contributed by atoms with E-state index in [4.69, 9.17) is 0 Å². The standard InChI is InChI=1S/C15H21N5O2S/c1-15-5-4-13(21)20(15)12(8-23-15)14(22)18-6-2-3-11(7-18)19-10-16-9-17-19/h9-12H,2-8H2,1H3/t11-,12-,15+/m1/s1. The molecular formula is C15H21N5O2S. The van der Waals surface area contributed by atoms with Crippen LogP contribution in [0, 0.1) is 0 Å². The number of likely N-dealkylation sites (tertiary alicyclic amines) is 1. The fourth-order valence-electron chi connectivity index (χ4n) is 3.99. The average Bonchev–Trinajstić information content (AvgIpc) is 3.25. The van der Waals surface area contributed by atoms with Gasteiger partial charge in [0.1, 0.15) is 18.7 Å². The number of hydrogen-bond donors (Lipinski definition) is 0. The molecule has 3 atom stereocenters. The fraction of sp³-hybridized carbons (Fsp3) is 0.733. The largest absolute Gasteiger partial charge is 0.339 e. The van der Waals surface area contributed by atoms with Crippen LogP contribution < -0.4 is 0 Å². The van der Waals surface area contributed by atoms with Gasteiger partial charge in [0.15, 0.2) is 0 Å². The van der Waals surface area contributed by atoms with E-state index < -0.39 is 0 Å². The number of rotatable bonds is 2. The summed E-state index contributed by atoms with van der Waals surface area (Å²) in [6.07, 6.45) is 6.62. The Balaban J connectivity index is 1.49. The Morgan fingerprint density at radius 3 is 3.13 bits per heavy atom. The van der Waals surface area contributed by atoms with Crippen molar-refractivity contribution in [2.45, 2.75) is 49.6 Å². The molecular weight excluding hydrogens is 314 g/mol. The van der Waals surface area contributed by atoms with Crippen molar-refractivity contribution in [2.24, 2.45) is 0 Å². The van der Waals surface area contributed by atoms with Gasteiger partial charge >= 0.3 is 0 Å². The minimum Gasteiger partial charge on any atom is -0.339 e. The van der Waals surface area contributed by atoms with Crippen LogP contribution in [0.5, 0.6) is 0 Å². The van der Waals surface area contributed by atoms with Gasteiger partial charge in [-0.3, -0.25) is 9.59 Å². The number of piperidine rings is 1. The van der Waals surface area contributed by atoms with Crippen molar-refractivity contribution < 1.29 is 9.59 Å². The Morgan fingerprint density at radius 1 is 1.48 bits per heavy atom. The summed E-state index contributed by atoms with van der Waals surface area (Å²) in [6, 6.07) is -0.112. The van der Waals surface area contributed by atoms with Gasteiger partial charge in [-0.25, -0.2) is 9.67 Å². The normalized spacial score (nSPS) is 34.0. The van der Waals surface area contributed by atoms with Crippen molar-refractivity contribution in [3.8, 4) is 0 Å². The molecule has 0 N–H and O–H groups in total. The molecule has 0 spiro atoms. The van der Waals surface area contributed by atoms with Gasteiger partial charge in [0.05, 0.1) is 10.9 Å². The van der Waals surface area contributed by atoms with Crippen LogP contribution in [0.15, 0.2) is 12.7 Å². The van der Waals surface area contributed by atoms with Gasteiger partial charge in [0.25, 0.3) is 0 Å². The van der Waals surface area contributed by atoms with Crippen molar-refractivity contribution in [3.63, 3.8) is 0 Å².